The molecular weight excluding hydrogens is 232 g/mol. The third-order valence-electron chi connectivity index (χ3n) is 3.83. The second kappa shape index (κ2) is 6.28. The normalized spacial score (nSPS) is 24.8. The smallest absolute Gasteiger partial charge is 0.159 e. The van der Waals surface area contributed by atoms with E-state index in [-0.39, 0.29) is 0 Å². The largest absolute Gasteiger partial charge is 0.314 e. The van der Waals surface area contributed by atoms with E-state index in [2.05, 4.69) is 12.2 Å². The summed E-state index contributed by atoms with van der Waals surface area (Å²) >= 11 is 0. The molecule has 1 aliphatic rings. The zero-order valence-corrected chi connectivity index (χ0v) is 10.9. The molecule has 1 fully saturated rings. The summed E-state index contributed by atoms with van der Waals surface area (Å²) in [7, 11) is 0. The van der Waals surface area contributed by atoms with Gasteiger partial charge in [-0.1, -0.05) is 25.8 Å². The highest BCUT2D eigenvalue weighted by molar-refractivity contribution is 5.22. The first kappa shape index (κ1) is 13.5. The molecule has 2 unspecified atom stereocenters. The second-order valence-corrected chi connectivity index (χ2v) is 5.15. The van der Waals surface area contributed by atoms with E-state index in [1.165, 1.54) is 31.4 Å². The molecule has 3 heteroatoms. The Morgan fingerprint density at radius 2 is 1.94 bits per heavy atom. The highest BCUT2D eigenvalue weighted by atomic mass is 19.2. The van der Waals surface area contributed by atoms with Crippen LogP contribution in [0.4, 0.5) is 8.78 Å². The van der Waals surface area contributed by atoms with Gasteiger partial charge in [0.05, 0.1) is 0 Å². The first-order chi connectivity index (χ1) is 8.70. The topological polar surface area (TPSA) is 12.0 Å². The van der Waals surface area contributed by atoms with E-state index in [1.807, 2.05) is 0 Å². The van der Waals surface area contributed by atoms with Gasteiger partial charge in [-0.25, -0.2) is 8.78 Å². The quantitative estimate of drug-likeness (QED) is 0.803. The molecule has 18 heavy (non-hydrogen) atoms. The third-order valence-corrected chi connectivity index (χ3v) is 3.83. The van der Waals surface area contributed by atoms with Gasteiger partial charge < -0.3 is 5.32 Å². The van der Waals surface area contributed by atoms with E-state index in [9.17, 15) is 8.78 Å². The SMILES string of the molecule is CCNC1CCCCC(c2ccc(F)c(F)c2)C1. The first-order valence-corrected chi connectivity index (χ1v) is 6.89. The molecular formula is C15H21F2N. The molecule has 1 aliphatic carbocycles. The van der Waals surface area contributed by atoms with E-state index in [1.54, 1.807) is 6.07 Å². The standard InChI is InChI=1S/C15H21F2N/c1-2-18-13-6-4-3-5-11(9-13)12-7-8-14(16)15(17)10-12/h7-8,10-11,13,18H,2-6,9H2,1H3. The van der Waals surface area contributed by atoms with Crippen molar-refractivity contribution in [1.82, 2.24) is 5.32 Å². The summed E-state index contributed by atoms with van der Waals surface area (Å²) in [5, 5.41) is 3.48. The van der Waals surface area contributed by atoms with E-state index in [0.29, 0.717) is 12.0 Å². The Balaban J connectivity index is 2.12. The Morgan fingerprint density at radius 1 is 1.17 bits per heavy atom. The molecule has 2 atom stereocenters. The van der Waals surface area contributed by atoms with Crippen LogP contribution >= 0.6 is 0 Å². The van der Waals surface area contributed by atoms with Crippen LogP contribution in [0, 0.1) is 11.6 Å². The van der Waals surface area contributed by atoms with Gasteiger partial charge in [-0.05, 0) is 49.4 Å². The van der Waals surface area contributed by atoms with Crippen molar-refractivity contribution in [3.05, 3.63) is 35.4 Å². The van der Waals surface area contributed by atoms with Crippen LogP contribution in [0.1, 0.15) is 50.5 Å². The number of hydrogen-bond acceptors (Lipinski definition) is 1. The Hall–Kier alpha value is -0.960. The highest BCUT2D eigenvalue weighted by Crippen LogP contribution is 2.32. The molecule has 0 heterocycles. The lowest BCUT2D eigenvalue weighted by atomic mass is 9.90. The van der Waals surface area contributed by atoms with Crippen molar-refractivity contribution >= 4 is 0 Å². The minimum absolute atomic E-state index is 0.353. The van der Waals surface area contributed by atoms with Gasteiger partial charge in [0.2, 0.25) is 0 Å². The minimum Gasteiger partial charge on any atom is -0.314 e. The van der Waals surface area contributed by atoms with Crippen LogP contribution in [0.2, 0.25) is 0 Å². The lowest BCUT2D eigenvalue weighted by molar-refractivity contribution is 0.446. The van der Waals surface area contributed by atoms with Gasteiger partial charge in [-0.3, -0.25) is 0 Å². The molecule has 1 aromatic rings. The summed E-state index contributed by atoms with van der Waals surface area (Å²) in [4.78, 5) is 0. The number of rotatable bonds is 3. The van der Waals surface area contributed by atoms with Gasteiger partial charge in [0.25, 0.3) is 0 Å². The summed E-state index contributed by atoms with van der Waals surface area (Å²) in [6, 6.07) is 4.86. The van der Waals surface area contributed by atoms with Crippen molar-refractivity contribution < 1.29 is 8.78 Å². The molecule has 0 amide bonds. The third kappa shape index (κ3) is 3.29. The molecule has 100 valence electrons. The number of halogens is 2. The predicted octanol–water partition coefficient (Wildman–Crippen LogP) is 3.99. The van der Waals surface area contributed by atoms with Crippen molar-refractivity contribution in [2.24, 2.45) is 0 Å². The molecule has 0 bridgehead atoms. The van der Waals surface area contributed by atoms with E-state index in [4.69, 9.17) is 0 Å². The van der Waals surface area contributed by atoms with Gasteiger partial charge in [-0.15, -0.1) is 0 Å². The Labute approximate surface area is 108 Å². The van der Waals surface area contributed by atoms with Crippen LogP contribution in [-0.4, -0.2) is 12.6 Å². The van der Waals surface area contributed by atoms with Crippen molar-refractivity contribution in [1.29, 1.82) is 0 Å². The molecule has 1 nitrogen and oxygen atoms in total. The zero-order valence-electron chi connectivity index (χ0n) is 10.9. The summed E-state index contributed by atoms with van der Waals surface area (Å²) < 4.78 is 26.2. The van der Waals surface area contributed by atoms with Gasteiger partial charge >= 0.3 is 0 Å². The van der Waals surface area contributed by atoms with E-state index in [0.717, 1.165) is 24.9 Å². The predicted molar refractivity (Wildman–Crippen MR) is 69.6 cm³/mol. The number of hydrogen-bond donors (Lipinski definition) is 1. The average molecular weight is 253 g/mol. The van der Waals surface area contributed by atoms with Gasteiger partial charge in [0, 0.05) is 6.04 Å². The number of benzene rings is 1. The summed E-state index contributed by atoms with van der Waals surface area (Å²) in [6.45, 7) is 3.08. The van der Waals surface area contributed by atoms with E-state index >= 15 is 0 Å². The first-order valence-electron chi connectivity index (χ1n) is 6.89. The zero-order chi connectivity index (χ0) is 13.0. The van der Waals surface area contributed by atoms with E-state index < -0.39 is 11.6 Å². The van der Waals surface area contributed by atoms with Crippen molar-refractivity contribution in [3.8, 4) is 0 Å². The molecule has 0 aliphatic heterocycles. The van der Waals surface area contributed by atoms with Crippen LogP contribution < -0.4 is 5.32 Å². The van der Waals surface area contributed by atoms with Gasteiger partial charge in [-0.2, -0.15) is 0 Å². The van der Waals surface area contributed by atoms with Gasteiger partial charge in [0.1, 0.15) is 0 Å². The van der Waals surface area contributed by atoms with Gasteiger partial charge in [0.15, 0.2) is 11.6 Å². The Bertz CT molecular complexity index is 392. The lowest BCUT2D eigenvalue weighted by Gasteiger charge is -2.21. The summed E-state index contributed by atoms with van der Waals surface area (Å²) in [5.74, 6) is -1.13. The molecule has 0 radical (unpaired) electrons. The molecule has 0 aromatic heterocycles. The highest BCUT2D eigenvalue weighted by Gasteiger charge is 2.21. The van der Waals surface area contributed by atoms with Crippen molar-refractivity contribution in [3.63, 3.8) is 0 Å². The molecule has 2 rings (SSSR count). The fourth-order valence-corrected chi connectivity index (χ4v) is 2.90. The van der Waals surface area contributed by atoms with Crippen LogP contribution in [-0.2, 0) is 0 Å². The fourth-order valence-electron chi connectivity index (χ4n) is 2.90. The second-order valence-electron chi connectivity index (χ2n) is 5.15. The Morgan fingerprint density at radius 3 is 2.67 bits per heavy atom. The molecule has 0 spiro atoms. The fraction of sp³-hybridized carbons (Fsp3) is 0.600. The number of nitrogens with one attached hydrogen (secondary N) is 1. The maximum atomic E-state index is 13.3. The molecule has 1 aromatic carbocycles. The maximum absolute atomic E-state index is 13.3. The monoisotopic (exact) mass is 253 g/mol. The van der Waals surface area contributed by atoms with Crippen LogP contribution in [0.25, 0.3) is 0 Å². The summed E-state index contributed by atoms with van der Waals surface area (Å²) in [6.07, 6.45) is 5.68. The Kier molecular flexibility index (Phi) is 4.70. The maximum Gasteiger partial charge on any atom is 0.159 e. The molecule has 1 N–H and O–H groups in total. The van der Waals surface area contributed by atoms with Crippen LogP contribution in [0.3, 0.4) is 0 Å². The average Bonchev–Trinajstić information content (AvgIpc) is 2.59. The molecule has 0 saturated heterocycles. The minimum atomic E-state index is -0.754. The van der Waals surface area contributed by atoms with Crippen LogP contribution in [0.15, 0.2) is 18.2 Å². The van der Waals surface area contributed by atoms with Crippen molar-refractivity contribution in [2.45, 2.75) is 51.0 Å². The summed E-state index contributed by atoms with van der Waals surface area (Å²) in [5.41, 5.74) is 0.943. The lowest BCUT2D eigenvalue weighted by Crippen LogP contribution is -2.29. The van der Waals surface area contributed by atoms with Crippen LogP contribution in [0.5, 0.6) is 0 Å². The molecule has 1 saturated carbocycles. The van der Waals surface area contributed by atoms with Crippen molar-refractivity contribution in [2.75, 3.05) is 6.54 Å².